The molecule has 1 amide bonds. The van der Waals surface area contributed by atoms with Crippen LogP contribution in [0.3, 0.4) is 0 Å². The van der Waals surface area contributed by atoms with Crippen molar-refractivity contribution >= 4 is 11.6 Å². The van der Waals surface area contributed by atoms with E-state index in [0.29, 0.717) is 17.9 Å². The number of carbonyl (C=O) groups excluding carboxylic acids is 1. The SMILES string of the molecule is C=CCOc1ccc(C(=O)N/N=C(\CCC)c2ccccc2)cc1. The fourth-order valence-electron chi connectivity index (χ4n) is 2.17. The number of rotatable bonds is 8. The minimum absolute atomic E-state index is 0.241. The molecule has 0 saturated heterocycles. The Kier molecular flexibility index (Phi) is 6.77. The van der Waals surface area contributed by atoms with Crippen LogP contribution in [0.5, 0.6) is 5.75 Å². The van der Waals surface area contributed by atoms with Crippen LogP contribution in [0.2, 0.25) is 0 Å². The highest BCUT2D eigenvalue weighted by atomic mass is 16.5. The van der Waals surface area contributed by atoms with E-state index in [4.69, 9.17) is 4.74 Å². The van der Waals surface area contributed by atoms with Gasteiger partial charge in [-0.15, -0.1) is 0 Å². The zero-order valence-electron chi connectivity index (χ0n) is 13.9. The van der Waals surface area contributed by atoms with Gasteiger partial charge in [-0.25, -0.2) is 5.43 Å². The first-order valence-corrected chi connectivity index (χ1v) is 8.00. The highest BCUT2D eigenvalue weighted by molar-refractivity contribution is 6.02. The van der Waals surface area contributed by atoms with Crippen LogP contribution in [0.4, 0.5) is 0 Å². The van der Waals surface area contributed by atoms with E-state index in [9.17, 15) is 4.79 Å². The van der Waals surface area contributed by atoms with Crippen molar-refractivity contribution in [3.8, 4) is 5.75 Å². The first-order valence-electron chi connectivity index (χ1n) is 8.00. The molecule has 0 fully saturated rings. The summed E-state index contributed by atoms with van der Waals surface area (Å²) in [5.74, 6) is 0.459. The molecule has 0 bridgehead atoms. The van der Waals surface area contributed by atoms with Crippen LogP contribution in [0.1, 0.15) is 35.7 Å². The standard InChI is InChI=1S/C20H22N2O2/c1-3-8-19(16-9-6-5-7-10-16)21-22-20(23)17-11-13-18(14-12-17)24-15-4-2/h4-7,9-14H,2-3,8,15H2,1H3,(H,22,23)/b21-19+. The summed E-state index contributed by atoms with van der Waals surface area (Å²) in [6.45, 7) is 6.12. The highest BCUT2D eigenvalue weighted by Crippen LogP contribution is 2.12. The molecule has 0 aliphatic rings. The largest absolute Gasteiger partial charge is 0.490 e. The Morgan fingerprint density at radius 1 is 1.12 bits per heavy atom. The van der Waals surface area contributed by atoms with Gasteiger partial charge in [-0.2, -0.15) is 5.10 Å². The zero-order valence-corrected chi connectivity index (χ0v) is 13.9. The van der Waals surface area contributed by atoms with Gasteiger partial charge in [0.1, 0.15) is 12.4 Å². The Morgan fingerprint density at radius 2 is 1.83 bits per heavy atom. The van der Waals surface area contributed by atoms with E-state index >= 15 is 0 Å². The molecular weight excluding hydrogens is 300 g/mol. The summed E-state index contributed by atoms with van der Waals surface area (Å²) in [6.07, 6.45) is 3.44. The molecule has 1 N–H and O–H groups in total. The molecular formula is C20H22N2O2. The maximum absolute atomic E-state index is 12.2. The molecule has 24 heavy (non-hydrogen) atoms. The molecule has 0 atom stereocenters. The van der Waals surface area contributed by atoms with Crippen LogP contribution in [0, 0.1) is 0 Å². The number of carbonyl (C=O) groups is 1. The number of nitrogens with zero attached hydrogens (tertiary/aromatic N) is 1. The van der Waals surface area contributed by atoms with Gasteiger partial charge in [0.05, 0.1) is 5.71 Å². The third-order valence-corrected chi connectivity index (χ3v) is 3.37. The minimum atomic E-state index is -0.241. The molecule has 2 rings (SSSR count). The summed E-state index contributed by atoms with van der Waals surface area (Å²) in [5.41, 5.74) is 5.07. The van der Waals surface area contributed by atoms with Crippen molar-refractivity contribution < 1.29 is 9.53 Å². The van der Waals surface area contributed by atoms with E-state index in [0.717, 1.165) is 24.1 Å². The Morgan fingerprint density at radius 3 is 2.46 bits per heavy atom. The van der Waals surface area contributed by atoms with Crippen molar-refractivity contribution in [3.63, 3.8) is 0 Å². The van der Waals surface area contributed by atoms with Crippen LogP contribution in [-0.2, 0) is 0 Å². The average molecular weight is 322 g/mol. The van der Waals surface area contributed by atoms with Crippen LogP contribution in [0.25, 0.3) is 0 Å². The monoisotopic (exact) mass is 322 g/mol. The summed E-state index contributed by atoms with van der Waals surface area (Å²) in [5, 5.41) is 4.30. The summed E-state index contributed by atoms with van der Waals surface area (Å²) >= 11 is 0. The lowest BCUT2D eigenvalue weighted by atomic mass is 10.1. The van der Waals surface area contributed by atoms with E-state index in [1.54, 1.807) is 30.3 Å². The molecule has 2 aromatic carbocycles. The van der Waals surface area contributed by atoms with E-state index in [2.05, 4.69) is 24.0 Å². The van der Waals surface area contributed by atoms with Gasteiger partial charge in [0.25, 0.3) is 5.91 Å². The molecule has 0 radical (unpaired) electrons. The van der Waals surface area contributed by atoms with Gasteiger partial charge in [0, 0.05) is 5.56 Å². The summed E-state index contributed by atoms with van der Waals surface area (Å²) < 4.78 is 5.40. The van der Waals surface area contributed by atoms with Crippen molar-refractivity contribution in [1.29, 1.82) is 0 Å². The van der Waals surface area contributed by atoms with Crippen molar-refractivity contribution in [2.45, 2.75) is 19.8 Å². The third-order valence-electron chi connectivity index (χ3n) is 3.37. The van der Waals surface area contributed by atoms with E-state index in [1.165, 1.54) is 0 Å². The Labute approximate surface area is 142 Å². The Balaban J connectivity index is 2.05. The second-order valence-corrected chi connectivity index (χ2v) is 5.24. The quantitative estimate of drug-likeness (QED) is 0.450. The number of nitrogens with one attached hydrogen (secondary N) is 1. The molecule has 0 aliphatic carbocycles. The number of hydrogen-bond donors (Lipinski definition) is 1. The molecule has 4 nitrogen and oxygen atoms in total. The van der Waals surface area contributed by atoms with Crippen molar-refractivity contribution in [1.82, 2.24) is 5.43 Å². The first-order chi connectivity index (χ1) is 11.7. The normalized spacial score (nSPS) is 11.0. The lowest BCUT2D eigenvalue weighted by Gasteiger charge is -2.07. The molecule has 2 aromatic rings. The first kappa shape index (κ1) is 17.5. The van der Waals surface area contributed by atoms with Gasteiger partial charge in [-0.1, -0.05) is 56.3 Å². The Hall–Kier alpha value is -2.88. The van der Waals surface area contributed by atoms with Crippen LogP contribution in [-0.4, -0.2) is 18.2 Å². The molecule has 0 aromatic heterocycles. The zero-order chi connectivity index (χ0) is 17.2. The highest BCUT2D eigenvalue weighted by Gasteiger charge is 2.07. The maximum atomic E-state index is 12.2. The van der Waals surface area contributed by atoms with Crippen molar-refractivity contribution in [3.05, 3.63) is 78.4 Å². The number of hydrogen-bond acceptors (Lipinski definition) is 3. The average Bonchev–Trinajstić information content (AvgIpc) is 2.64. The van der Waals surface area contributed by atoms with Gasteiger partial charge in [-0.05, 0) is 36.2 Å². The van der Waals surface area contributed by atoms with Gasteiger partial charge in [0.2, 0.25) is 0 Å². The predicted molar refractivity (Wildman–Crippen MR) is 97.5 cm³/mol. The number of ether oxygens (including phenoxy) is 1. The number of amides is 1. The van der Waals surface area contributed by atoms with Gasteiger partial charge >= 0.3 is 0 Å². The van der Waals surface area contributed by atoms with E-state index in [-0.39, 0.29) is 5.91 Å². The molecule has 0 unspecified atom stereocenters. The van der Waals surface area contributed by atoms with Crippen molar-refractivity contribution in [2.24, 2.45) is 5.10 Å². The minimum Gasteiger partial charge on any atom is -0.490 e. The van der Waals surface area contributed by atoms with Crippen molar-refractivity contribution in [2.75, 3.05) is 6.61 Å². The number of benzene rings is 2. The van der Waals surface area contributed by atoms with Crippen LogP contribution in [0.15, 0.2) is 72.4 Å². The predicted octanol–water partition coefficient (Wildman–Crippen LogP) is 4.19. The smallest absolute Gasteiger partial charge is 0.271 e. The molecule has 0 spiro atoms. The third kappa shape index (κ3) is 5.09. The van der Waals surface area contributed by atoms with E-state index < -0.39 is 0 Å². The number of hydrazone groups is 1. The lowest BCUT2D eigenvalue weighted by molar-refractivity contribution is 0.0954. The summed E-state index contributed by atoms with van der Waals surface area (Å²) in [4.78, 5) is 12.2. The van der Waals surface area contributed by atoms with Gasteiger partial charge in [0.15, 0.2) is 0 Å². The molecule has 124 valence electrons. The van der Waals surface area contributed by atoms with Gasteiger partial charge < -0.3 is 4.74 Å². The molecule has 0 saturated carbocycles. The maximum Gasteiger partial charge on any atom is 0.271 e. The second-order valence-electron chi connectivity index (χ2n) is 5.24. The Bertz CT molecular complexity index is 691. The van der Waals surface area contributed by atoms with E-state index in [1.807, 2.05) is 30.3 Å². The summed E-state index contributed by atoms with van der Waals surface area (Å²) in [6, 6.07) is 16.8. The molecule has 4 heteroatoms. The fraction of sp³-hybridized carbons (Fsp3) is 0.200. The summed E-state index contributed by atoms with van der Waals surface area (Å²) in [7, 11) is 0. The second kappa shape index (κ2) is 9.30. The lowest BCUT2D eigenvalue weighted by Crippen LogP contribution is -2.20. The molecule has 0 heterocycles. The van der Waals surface area contributed by atoms with Crippen LogP contribution < -0.4 is 10.2 Å². The fourth-order valence-corrected chi connectivity index (χ4v) is 2.17. The van der Waals surface area contributed by atoms with Gasteiger partial charge in [-0.3, -0.25) is 4.79 Å². The molecule has 0 aliphatic heterocycles. The topological polar surface area (TPSA) is 50.7 Å². The van der Waals surface area contributed by atoms with Crippen LogP contribution >= 0.6 is 0 Å².